The highest BCUT2D eigenvalue weighted by molar-refractivity contribution is 7.26. The Morgan fingerprint density at radius 1 is 0.444 bits per heavy atom. The van der Waals surface area contributed by atoms with Crippen LogP contribution >= 0.6 is 11.3 Å². The second kappa shape index (κ2) is 10.3. The zero-order valence-electron chi connectivity index (χ0n) is 28.6. The topological polar surface area (TPSA) is 48.8 Å². The van der Waals surface area contributed by atoms with E-state index < -0.39 is 0 Å². The highest BCUT2D eigenvalue weighted by Crippen LogP contribution is 2.47. The van der Waals surface area contributed by atoms with Gasteiger partial charge in [-0.05, 0) is 65.4 Å². The Morgan fingerprint density at radius 3 is 1.83 bits per heavy atom. The van der Waals surface area contributed by atoms with Crippen molar-refractivity contribution in [2.75, 3.05) is 0 Å². The average molecular weight is 707 g/mol. The fourth-order valence-electron chi connectivity index (χ4n) is 9.12. The van der Waals surface area contributed by atoms with Crippen LogP contribution in [0.15, 0.2) is 162 Å². The van der Waals surface area contributed by atoms with Crippen LogP contribution in [-0.2, 0) is 0 Å². The zero-order valence-corrected chi connectivity index (χ0v) is 29.4. The molecule has 6 heteroatoms. The van der Waals surface area contributed by atoms with Gasteiger partial charge >= 0.3 is 0 Å². The maximum Gasteiger partial charge on any atom is 0.235 e. The van der Waals surface area contributed by atoms with E-state index in [4.69, 9.17) is 14.4 Å². The Balaban J connectivity index is 1.21. The standard InChI is InChI=1S/C48H26N4OS/c1-2-13-29(14-3-1)51-33-18-6-4-15-30(33)42-32(17-10-19-34(42)51)46-47-45(31-16-5-7-22-39(31)54-47)49-48(50-46)52-35-25-23-27-11-8-20-37-40(27)43(35)44-36(52)26-24-28-12-9-21-38(53-37)41(28)44/h1-26H. The van der Waals surface area contributed by atoms with Gasteiger partial charge in [-0.1, -0.05) is 103 Å². The van der Waals surface area contributed by atoms with Crippen molar-refractivity contribution < 1.29 is 4.42 Å². The molecule has 54 heavy (non-hydrogen) atoms. The van der Waals surface area contributed by atoms with E-state index in [0.29, 0.717) is 5.95 Å². The van der Waals surface area contributed by atoms with Gasteiger partial charge in [0.2, 0.25) is 5.95 Å². The second-order valence-electron chi connectivity index (χ2n) is 14.1. The summed E-state index contributed by atoms with van der Waals surface area (Å²) in [5, 5.41) is 10.4. The second-order valence-corrected chi connectivity index (χ2v) is 15.2. The van der Waals surface area contributed by atoms with Crippen molar-refractivity contribution in [3.05, 3.63) is 158 Å². The summed E-state index contributed by atoms with van der Waals surface area (Å²) in [5.74, 6) is 0.653. The number of hydrogen-bond acceptors (Lipinski definition) is 4. The van der Waals surface area contributed by atoms with Gasteiger partial charge in [-0.25, -0.2) is 9.97 Å². The SMILES string of the molecule is c1ccc(-n2c3ccccc3c3c(-c4nc(-n5c6ccc7cccc8oc9cccc%10ccc5c(c%109)c6c78)nc5c4sc4ccccc45)cccc32)cc1. The monoisotopic (exact) mass is 706 g/mol. The third-order valence-corrected chi connectivity index (χ3v) is 12.5. The summed E-state index contributed by atoms with van der Waals surface area (Å²) in [7, 11) is 0. The van der Waals surface area contributed by atoms with Crippen LogP contribution in [0.5, 0.6) is 0 Å². The maximum atomic E-state index is 6.70. The molecule has 5 aromatic heterocycles. The fourth-order valence-corrected chi connectivity index (χ4v) is 10.3. The third kappa shape index (κ3) is 3.62. The lowest BCUT2D eigenvalue weighted by molar-refractivity contribution is 0.664. The maximum absolute atomic E-state index is 6.70. The number of aromatic nitrogens is 4. The predicted molar refractivity (Wildman–Crippen MR) is 225 cm³/mol. The van der Waals surface area contributed by atoms with Crippen LogP contribution < -0.4 is 0 Å². The molecule has 0 N–H and O–H groups in total. The first-order valence-corrected chi connectivity index (χ1v) is 19.0. The van der Waals surface area contributed by atoms with Gasteiger partial charge in [-0.15, -0.1) is 11.3 Å². The number of thiophene rings is 1. The van der Waals surface area contributed by atoms with Gasteiger partial charge < -0.3 is 8.98 Å². The Morgan fingerprint density at radius 2 is 1.07 bits per heavy atom. The van der Waals surface area contributed by atoms with E-state index in [9.17, 15) is 0 Å². The molecule has 0 aliphatic carbocycles. The minimum Gasteiger partial charge on any atom is -0.456 e. The van der Waals surface area contributed by atoms with Crippen molar-refractivity contribution in [3.63, 3.8) is 0 Å². The van der Waals surface area contributed by atoms with E-state index in [0.717, 1.165) is 87.3 Å². The molecule has 0 aliphatic heterocycles. The van der Waals surface area contributed by atoms with Crippen LogP contribution in [-0.4, -0.2) is 19.1 Å². The summed E-state index contributed by atoms with van der Waals surface area (Å²) >= 11 is 1.77. The zero-order chi connectivity index (χ0) is 35.1. The molecular formula is C48H26N4OS. The molecule has 0 aliphatic rings. The van der Waals surface area contributed by atoms with E-state index in [1.54, 1.807) is 11.3 Å². The Kier molecular flexibility index (Phi) is 5.45. The van der Waals surface area contributed by atoms with E-state index in [1.165, 1.54) is 26.2 Å². The van der Waals surface area contributed by atoms with Crippen LogP contribution in [0.4, 0.5) is 0 Å². The highest BCUT2D eigenvalue weighted by Gasteiger charge is 2.25. The van der Waals surface area contributed by atoms with Crippen LogP contribution in [0.3, 0.4) is 0 Å². The Hall–Kier alpha value is -7.02. The summed E-state index contributed by atoms with van der Waals surface area (Å²) in [6, 6.07) is 56.1. The van der Waals surface area contributed by atoms with E-state index in [-0.39, 0.29) is 0 Å². The average Bonchev–Trinajstić information content (AvgIpc) is 3.85. The first-order chi connectivity index (χ1) is 26.8. The van der Waals surface area contributed by atoms with Crippen molar-refractivity contribution in [2.24, 2.45) is 0 Å². The molecule has 13 rings (SSSR count). The third-order valence-electron chi connectivity index (χ3n) is 11.3. The lowest BCUT2D eigenvalue weighted by Gasteiger charge is -2.12. The summed E-state index contributed by atoms with van der Waals surface area (Å²) in [5.41, 5.74) is 10.3. The molecule has 0 atom stereocenters. The number of para-hydroxylation sites is 2. The van der Waals surface area contributed by atoms with Crippen molar-refractivity contribution >= 4 is 108 Å². The molecule has 0 spiro atoms. The normalized spacial score (nSPS) is 12.4. The molecular weight excluding hydrogens is 681 g/mol. The fraction of sp³-hybridized carbons (Fsp3) is 0. The predicted octanol–water partition coefficient (Wildman–Crippen LogP) is 13.2. The number of hydrogen-bond donors (Lipinski definition) is 0. The smallest absolute Gasteiger partial charge is 0.235 e. The molecule has 0 bridgehead atoms. The first-order valence-electron chi connectivity index (χ1n) is 18.2. The Labute approximate surface area is 310 Å². The van der Waals surface area contributed by atoms with E-state index in [2.05, 4.69) is 167 Å². The molecule has 0 saturated carbocycles. The first kappa shape index (κ1) is 28.6. The summed E-state index contributed by atoms with van der Waals surface area (Å²) in [6.45, 7) is 0. The van der Waals surface area contributed by atoms with Crippen molar-refractivity contribution in [2.45, 2.75) is 0 Å². The number of benzene rings is 8. The van der Waals surface area contributed by atoms with Crippen molar-refractivity contribution in [1.29, 1.82) is 0 Å². The van der Waals surface area contributed by atoms with Crippen molar-refractivity contribution in [3.8, 4) is 22.9 Å². The minimum atomic E-state index is 0.653. The molecule has 0 saturated heterocycles. The number of fused-ring (bicyclic) bond motifs is 6. The lowest BCUT2D eigenvalue weighted by atomic mass is 10.00. The molecule has 8 aromatic carbocycles. The van der Waals surface area contributed by atoms with Crippen molar-refractivity contribution in [1.82, 2.24) is 19.1 Å². The largest absolute Gasteiger partial charge is 0.456 e. The van der Waals surface area contributed by atoms with Crippen LogP contribution in [0, 0.1) is 0 Å². The van der Waals surface area contributed by atoms with E-state index >= 15 is 0 Å². The van der Waals surface area contributed by atoms with Gasteiger partial charge in [-0.2, -0.15) is 0 Å². The number of rotatable bonds is 3. The van der Waals surface area contributed by atoms with Crippen LogP contribution in [0.2, 0.25) is 0 Å². The summed E-state index contributed by atoms with van der Waals surface area (Å²) < 4.78 is 13.6. The Bertz CT molecular complexity index is 3580. The van der Waals surface area contributed by atoms with Gasteiger partial charge in [0, 0.05) is 53.7 Å². The van der Waals surface area contributed by atoms with Gasteiger partial charge in [0.25, 0.3) is 0 Å². The van der Waals surface area contributed by atoms with Crippen LogP contribution in [0.1, 0.15) is 0 Å². The van der Waals surface area contributed by atoms with Gasteiger partial charge in [0.05, 0.1) is 38.0 Å². The van der Waals surface area contributed by atoms with Gasteiger partial charge in [0.1, 0.15) is 11.2 Å². The quantitative estimate of drug-likeness (QED) is 0.184. The molecule has 0 unspecified atom stereocenters. The molecule has 0 fully saturated rings. The van der Waals surface area contributed by atoms with Gasteiger partial charge in [-0.3, -0.25) is 4.57 Å². The molecule has 13 aromatic rings. The van der Waals surface area contributed by atoms with Gasteiger partial charge in [0.15, 0.2) is 0 Å². The molecule has 5 heterocycles. The molecule has 5 nitrogen and oxygen atoms in total. The highest BCUT2D eigenvalue weighted by atomic mass is 32.1. The number of nitrogens with zero attached hydrogens (tertiary/aromatic N) is 4. The molecule has 0 radical (unpaired) electrons. The van der Waals surface area contributed by atoms with E-state index in [1.807, 2.05) is 0 Å². The molecule has 0 amide bonds. The van der Waals surface area contributed by atoms with Crippen LogP contribution in [0.25, 0.3) is 120 Å². The summed E-state index contributed by atoms with van der Waals surface area (Å²) in [6.07, 6.45) is 0. The molecule has 250 valence electrons. The summed E-state index contributed by atoms with van der Waals surface area (Å²) in [4.78, 5) is 11.2. The lowest BCUT2D eigenvalue weighted by Crippen LogP contribution is -2.03. The minimum absolute atomic E-state index is 0.653.